The normalized spacial score (nSPS) is 15.6. The van der Waals surface area contributed by atoms with Gasteiger partial charge >= 0.3 is 6.09 Å². The number of nitrogens with zero attached hydrogens (tertiary/aromatic N) is 1. The van der Waals surface area contributed by atoms with Crippen LogP contribution < -0.4 is 5.32 Å². The standard InChI is InChI=1S/C33H62N2O11/c1-32(2,3)9-7-8-10-34-31(38)46-26-25-45-24-23-44-22-21-43-20-19-42-18-17-41-16-15-40-14-13-39-12-11-35-29(36)27-28(30(35)37)33(4,5)6/h28H,7-27H2,1-6H3,(H,34,38). The van der Waals surface area contributed by atoms with E-state index in [0.29, 0.717) is 104 Å². The molecule has 13 heteroatoms. The molecule has 0 spiro atoms. The summed E-state index contributed by atoms with van der Waals surface area (Å²) in [7, 11) is 0. The zero-order valence-electron chi connectivity index (χ0n) is 29.4. The Balaban J connectivity index is 1.74. The monoisotopic (exact) mass is 662 g/mol. The van der Waals surface area contributed by atoms with Gasteiger partial charge in [0, 0.05) is 13.0 Å². The second kappa shape index (κ2) is 25.2. The van der Waals surface area contributed by atoms with E-state index in [0.717, 1.165) is 19.3 Å². The van der Waals surface area contributed by atoms with E-state index in [4.69, 9.17) is 37.9 Å². The molecule has 0 aliphatic carbocycles. The van der Waals surface area contributed by atoms with Gasteiger partial charge in [0.1, 0.15) is 6.61 Å². The Morgan fingerprint density at radius 3 is 1.46 bits per heavy atom. The molecule has 0 aromatic rings. The molecule has 270 valence electrons. The lowest BCUT2D eigenvalue weighted by Crippen LogP contribution is -2.36. The third kappa shape index (κ3) is 22.6. The second-order valence-corrected chi connectivity index (χ2v) is 13.4. The average Bonchev–Trinajstić information content (AvgIpc) is 3.27. The minimum Gasteiger partial charge on any atom is -0.447 e. The van der Waals surface area contributed by atoms with Crippen molar-refractivity contribution in [2.24, 2.45) is 16.7 Å². The predicted octanol–water partition coefficient (Wildman–Crippen LogP) is 3.47. The van der Waals surface area contributed by atoms with Crippen molar-refractivity contribution >= 4 is 17.9 Å². The first kappa shape index (κ1) is 42.2. The van der Waals surface area contributed by atoms with E-state index in [1.807, 2.05) is 20.8 Å². The summed E-state index contributed by atoms with van der Waals surface area (Å²) in [4.78, 5) is 37.5. The number of unbranched alkanes of at least 4 members (excludes halogenated alkanes) is 1. The van der Waals surface area contributed by atoms with Crippen LogP contribution in [0.2, 0.25) is 0 Å². The van der Waals surface area contributed by atoms with Crippen molar-refractivity contribution in [2.45, 2.75) is 67.2 Å². The van der Waals surface area contributed by atoms with Crippen molar-refractivity contribution in [3.8, 4) is 0 Å². The van der Waals surface area contributed by atoms with Crippen LogP contribution >= 0.6 is 0 Å². The summed E-state index contributed by atoms with van der Waals surface area (Å²) in [6.45, 7) is 19.7. The van der Waals surface area contributed by atoms with Crippen LogP contribution in [0.1, 0.15) is 67.2 Å². The van der Waals surface area contributed by atoms with Crippen LogP contribution in [0.15, 0.2) is 0 Å². The first-order chi connectivity index (χ1) is 21.9. The largest absolute Gasteiger partial charge is 0.447 e. The molecular weight excluding hydrogens is 600 g/mol. The Kier molecular flexibility index (Phi) is 23.1. The average molecular weight is 663 g/mol. The minimum atomic E-state index is -0.409. The summed E-state index contributed by atoms with van der Waals surface area (Å²) in [5.41, 5.74) is 0.0976. The summed E-state index contributed by atoms with van der Waals surface area (Å²) >= 11 is 0. The lowest BCUT2D eigenvalue weighted by molar-refractivity contribution is -0.141. The molecule has 1 aliphatic rings. The number of alkyl carbamates (subject to hydrolysis) is 1. The van der Waals surface area contributed by atoms with Crippen LogP contribution in [-0.2, 0) is 47.5 Å². The van der Waals surface area contributed by atoms with Gasteiger partial charge < -0.3 is 43.2 Å². The Morgan fingerprint density at radius 1 is 0.652 bits per heavy atom. The Bertz CT molecular complexity index is 814. The van der Waals surface area contributed by atoms with Crippen LogP contribution in [0.4, 0.5) is 4.79 Å². The molecule has 0 saturated carbocycles. The molecule has 13 nitrogen and oxygen atoms in total. The highest BCUT2D eigenvalue weighted by molar-refractivity contribution is 6.03. The van der Waals surface area contributed by atoms with Crippen LogP contribution in [0.25, 0.3) is 0 Å². The van der Waals surface area contributed by atoms with Crippen molar-refractivity contribution in [1.82, 2.24) is 10.2 Å². The Morgan fingerprint density at radius 2 is 1.07 bits per heavy atom. The zero-order chi connectivity index (χ0) is 34.1. The number of amides is 3. The van der Waals surface area contributed by atoms with Crippen molar-refractivity contribution in [3.63, 3.8) is 0 Å². The molecule has 46 heavy (non-hydrogen) atoms. The predicted molar refractivity (Wildman–Crippen MR) is 173 cm³/mol. The highest BCUT2D eigenvalue weighted by Gasteiger charge is 2.44. The van der Waals surface area contributed by atoms with Crippen LogP contribution in [0.5, 0.6) is 0 Å². The van der Waals surface area contributed by atoms with Gasteiger partial charge in [0.05, 0.1) is 105 Å². The van der Waals surface area contributed by atoms with Gasteiger partial charge in [-0.25, -0.2) is 4.79 Å². The SMILES string of the molecule is CC(C)(C)CCCCNC(=O)OCCOCCOCCOCCOCCOCCOCCOCCN1C(=O)CC(C(C)(C)C)C1=O. The number of imide groups is 1. The maximum atomic E-state index is 12.4. The maximum absolute atomic E-state index is 12.4. The van der Waals surface area contributed by atoms with Crippen LogP contribution in [-0.4, -0.2) is 135 Å². The smallest absolute Gasteiger partial charge is 0.407 e. The summed E-state index contributed by atoms with van der Waals surface area (Å²) in [5, 5.41) is 2.75. The highest BCUT2D eigenvalue weighted by Crippen LogP contribution is 2.35. The van der Waals surface area contributed by atoms with E-state index in [2.05, 4.69) is 26.1 Å². The number of ether oxygens (including phenoxy) is 8. The van der Waals surface area contributed by atoms with E-state index in [9.17, 15) is 14.4 Å². The quantitative estimate of drug-likeness (QED) is 0.0973. The number of carbonyl (C=O) groups is 3. The molecule has 0 aromatic carbocycles. The van der Waals surface area contributed by atoms with E-state index < -0.39 is 6.09 Å². The summed E-state index contributed by atoms with van der Waals surface area (Å²) in [6, 6.07) is 0. The van der Waals surface area contributed by atoms with Crippen molar-refractivity contribution < 1.29 is 52.3 Å². The summed E-state index contributed by atoms with van der Waals surface area (Å²) < 4.78 is 43.3. The number of hydrogen-bond donors (Lipinski definition) is 1. The second-order valence-electron chi connectivity index (χ2n) is 13.4. The van der Waals surface area contributed by atoms with Gasteiger partial charge in [-0.2, -0.15) is 0 Å². The van der Waals surface area contributed by atoms with E-state index >= 15 is 0 Å². The molecule has 3 amide bonds. The fourth-order valence-electron chi connectivity index (χ4n) is 4.39. The molecule has 1 aliphatic heterocycles. The lowest BCUT2D eigenvalue weighted by Gasteiger charge is -2.24. The molecule has 1 heterocycles. The molecule has 0 aromatic heterocycles. The molecule has 1 fully saturated rings. The van der Waals surface area contributed by atoms with Gasteiger partial charge in [0.15, 0.2) is 0 Å². The van der Waals surface area contributed by atoms with E-state index in [1.54, 1.807) is 0 Å². The van der Waals surface area contributed by atoms with Gasteiger partial charge in [-0.3, -0.25) is 14.5 Å². The third-order valence-corrected chi connectivity index (χ3v) is 7.06. The summed E-state index contributed by atoms with van der Waals surface area (Å²) in [5.74, 6) is -0.486. The topological polar surface area (TPSA) is 140 Å². The fourth-order valence-corrected chi connectivity index (χ4v) is 4.39. The first-order valence-electron chi connectivity index (χ1n) is 16.7. The Labute approximate surface area is 276 Å². The molecule has 0 bridgehead atoms. The van der Waals surface area contributed by atoms with Crippen molar-refractivity contribution in [1.29, 1.82) is 0 Å². The van der Waals surface area contributed by atoms with E-state index in [1.165, 1.54) is 4.90 Å². The van der Waals surface area contributed by atoms with Gasteiger partial charge in [0.25, 0.3) is 0 Å². The van der Waals surface area contributed by atoms with Crippen molar-refractivity contribution in [2.75, 3.05) is 112 Å². The minimum absolute atomic E-state index is 0.102. The fraction of sp³-hybridized carbons (Fsp3) is 0.909. The molecule has 0 radical (unpaired) electrons. The number of likely N-dealkylation sites (tertiary alicyclic amines) is 1. The maximum Gasteiger partial charge on any atom is 0.407 e. The number of carbonyl (C=O) groups excluding carboxylic acids is 3. The highest BCUT2D eigenvalue weighted by atomic mass is 16.6. The molecule has 1 rings (SSSR count). The molecule has 1 N–H and O–H groups in total. The van der Waals surface area contributed by atoms with Crippen molar-refractivity contribution in [3.05, 3.63) is 0 Å². The molecule has 1 saturated heterocycles. The lowest BCUT2D eigenvalue weighted by atomic mass is 9.80. The number of nitrogens with one attached hydrogen (secondary N) is 1. The van der Waals surface area contributed by atoms with Gasteiger partial charge in [0.2, 0.25) is 11.8 Å². The van der Waals surface area contributed by atoms with Crippen LogP contribution in [0.3, 0.4) is 0 Å². The molecule has 1 unspecified atom stereocenters. The van der Waals surface area contributed by atoms with Gasteiger partial charge in [-0.1, -0.05) is 48.0 Å². The summed E-state index contributed by atoms with van der Waals surface area (Å²) in [6.07, 6.45) is 3.02. The number of hydrogen-bond acceptors (Lipinski definition) is 11. The van der Waals surface area contributed by atoms with Gasteiger partial charge in [-0.05, 0) is 23.7 Å². The Hall–Kier alpha value is -1.87. The van der Waals surface area contributed by atoms with Crippen LogP contribution in [0, 0.1) is 16.7 Å². The van der Waals surface area contributed by atoms with Gasteiger partial charge in [-0.15, -0.1) is 0 Å². The number of rotatable bonds is 28. The molecular formula is C33H62N2O11. The van der Waals surface area contributed by atoms with E-state index in [-0.39, 0.29) is 42.7 Å². The molecule has 1 atom stereocenters. The zero-order valence-corrected chi connectivity index (χ0v) is 29.4. The first-order valence-corrected chi connectivity index (χ1v) is 16.7. The third-order valence-electron chi connectivity index (χ3n) is 7.06.